The van der Waals surface area contributed by atoms with E-state index in [1.165, 1.54) is 0 Å². The highest BCUT2D eigenvalue weighted by Gasteiger charge is 2.33. The molecule has 1 aromatic carbocycles. The number of benzene rings is 1. The van der Waals surface area contributed by atoms with Gasteiger partial charge < -0.3 is 20.5 Å². The van der Waals surface area contributed by atoms with Crippen molar-refractivity contribution in [1.29, 1.82) is 0 Å². The Morgan fingerprint density at radius 2 is 2.28 bits per heavy atom. The van der Waals surface area contributed by atoms with Crippen LogP contribution < -0.4 is 11.1 Å². The van der Waals surface area contributed by atoms with Gasteiger partial charge in [-0.15, -0.1) is 0 Å². The quantitative estimate of drug-likeness (QED) is 0.859. The topological polar surface area (TPSA) is 114 Å². The summed E-state index contributed by atoms with van der Waals surface area (Å²) in [4.78, 5) is 29.8. The summed E-state index contributed by atoms with van der Waals surface area (Å²) in [6.45, 7) is 2.90. The van der Waals surface area contributed by atoms with Gasteiger partial charge in [-0.25, -0.2) is 4.79 Å². The fourth-order valence-electron chi connectivity index (χ4n) is 2.94. The van der Waals surface area contributed by atoms with Gasteiger partial charge in [-0.05, 0) is 30.5 Å². The van der Waals surface area contributed by atoms with Crippen LogP contribution in [0.4, 0.5) is 4.79 Å². The molecule has 0 saturated carbocycles. The van der Waals surface area contributed by atoms with Crippen molar-refractivity contribution >= 4 is 11.9 Å². The summed E-state index contributed by atoms with van der Waals surface area (Å²) < 4.78 is 5.16. The number of primary amides is 1. The number of likely N-dealkylation sites (tertiary alicyclic amines) is 1. The normalized spacial score (nSPS) is 16.8. The van der Waals surface area contributed by atoms with Crippen molar-refractivity contribution in [2.75, 3.05) is 6.54 Å². The Bertz CT molecular complexity index is 773. The summed E-state index contributed by atoms with van der Waals surface area (Å²) in [6, 6.07) is 6.55. The van der Waals surface area contributed by atoms with Crippen LogP contribution in [0.1, 0.15) is 53.4 Å². The Kier molecular flexibility index (Phi) is 4.97. The predicted octanol–water partition coefficient (Wildman–Crippen LogP) is 1.78. The van der Waals surface area contributed by atoms with Crippen LogP contribution >= 0.6 is 0 Å². The summed E-state index contributed by atoms with van der Waals surface area (Å²) in [7, 11) is 0. The second-order valence-corrected chi connectivity index (χ2v) is 5.97. The molecule has 1 aliphatic heterocycles. The molecule has 0 spiro atoms. The van der Waals surface area contributed by atoms with Crippen LogP contribution in [0.3, 0.4) is 0 Å². The van der Waals surface area contributed by atoms with E-state index < -0.39 is 5.91 Å². The maximum atomic E-state index is 12.5. The summed E-state index contributed by atoms with van der Waals surface area (Å²) in [5, 5.41) is 6.87. The minimum absolute atomic E-state index is 0.166. The first-order chi connectivity index (χ1) is 12.1. The zero-order valence-electron chi connectivity index (χ0n) is 14.1. The van der Waals surface area contributed by atoms with Gasteiger partial charge in [0.1, 0.15) is 0 Å². The van der Waals surface area contributed by atoms with Crippen molar-refractivity contribution in [1.82, 2.24) is 20.4 Å². The number of urea groups is 1. The summed E-state index contributed by atoms with van der Waals surface area (Å²) in [5.74, 6) is 0.641. The number of hydrogen-bond donors (Lipinski definition) is 2. The average molecular weight is 343 g/mol. The van der Waals surface area contributed by atoms with E-state index in [9.17, 15) is 9.59 Å². The molecule has 0 bridgehead atoms. The molecule has 132 valence electrons. The van der Waals surface area contributed by atoms with Gasteiger partial charge in [0, 0.05) is 25.1 Å². The van der Waals surface area contributed by atoms with Gasteiger partial charge in [-0.2, -0.15) is 4.98 Å². The number of nitrogens with one attached hydrogen (secondary N) is 1. The second-order valence-electron chi connectivity index (χ2n) is 5.97. The number of aryl methyl sites for hydroxylation is 1. The van der Waals surface area contributed by atoms with E-state index in [-0.39, 0.29) is 12.1 Å². The Morgan fingerprint density at radius 1 is 1.44 bits per heavy atom. The Balaban J connectivity index is 1.64. The summed E-state index contributed by atoms with van der Waals surface area (Å²) >= 11 is 0. The van der Waals surface area contributed by atoms with Gasteiger partial charge >= 0.3 is 6.03 Å². The van der Waals surface area contributed by atoms with E-state index in [2.05, 4.69) is 15.5 Å². The number of hydrogen-bond acceptors (Lipinski definition) is 5. The molecule has 25 heavy (non-hydrogen) atoms. The third-order valence-corrected chi connectivity index (χ3v) is 4.25. The van der Waals surface area contributed by atoms with E-state index in [1.807, 2.05) is 13.0 Å². The third kappa shape index (κ3) is 3.78. The second kappa shape index (κ2) is 7.33. The molecule has 8 heteroatoms. The number of amides is 3. The first-order valence-corrected chi connectivity index (χ1v) is 8.34. The molecule has 3 amide bonds. The molecule has 1 atom stereocenters. The molecular weight excluding hydrogens is 322 g/mol. The van der Waals surface area contributed by atoms with Crippen LogP contribution in [0.15, 0.2) is 28.8 Å². The number of nitrogens with zero attached hydrogens (tertiary/aromatic N) is 3. The molecule has 1 aliphatic rings. The minimum atomic E-state index is -0.489. The summed E-state index contributed by atoms with van der Waals surface area (Å²) in [6.07, 6.45) is 2.38. The lowest BCUT2D eigenvalue weighted by atomic mass is 10.1. The molecule has 3 N–H and O–H groups in total. The minimum Gasteiger partial charge on any atom is -0.366 e. The van der Waals surface area contributed by atoms with E-state index in [0.717, 1.165) is 18.4 Å². The van der Waals surface area contributed by atoms with Gasteiger partial charge in [0.05, 0.1) is 6.04 Å². The maximum Gasteiger partial charge on any atom is 0.318 e. The molecule has 1 aromatic heterocycles. The lowest BCUT2D eigenvalue weighted by Crippen LogP contribution is -2.39. The zero-order chi connectivity index (χ0) is 17.8. The monoisotopic (exact) mass is 343 g/mol. The third-order valence-electron chi connectivity index (χ3n) is 4.25. The number of carbonyl (C=O) groups excluding carboxylic acids is 2. The van der Waals surface area contributed by atoms with Crippen molar-refractivity contribution in [3.8, 4) is 0 Å². The molecule has 3 rings (SSSR count). The van der Waals surface area contributed by atoms with Crippen molar-refractivity contribution in [2.45, 2.75) is 38.8 Å². The van der Waals surface area contributed by atoms with Crippen LogP contribution in [0, 0.1) is 0 Å². The molecule has 0 radical (unpaired) electrons. The van der Waals surface area contributed by atoms with E-state index in [0.29, 0.717) is 36.8 Å². The van der Waals surface area contributed by atoms with Crippen LogP contribution in [0.2, 0.25) is 0 Å². The average Bonchev–Trinajstić information content (AvgIpc) is 3.28. The Morgan fingerprint density at radius 3 is 3.00 bits per heavy atom. The Hall–Kier alpha value is -2.90. The molecule has 2 aromatic rings. The number of nitrogens with two attached hydrogens (primary N) is 1. The van der Waals surface area contributed by atoms with Crippen LogP contribution in [0.5, 0.6) is 0 Å². The lowest BCUT2D eigenvalue weighted by molar-refractivity contribution is 0.1000. The van der Waals surface area contributed by atoms with Gasteiger partial charge in [0.25, 0.3) is 0 Å². The predicted molar refractivity (Wildman–Crippen MR) is 89.6 cm³/mol. The SMILES string of the molecule is CCc1nc(C2CCCN2C(=O)NCc2cccc(C(N)=O)c2)no1. The van der Waals surface area contributed by atoms with Crippen LogP contribution in [0.25, 0.3) is 0 Å². The molecule has 8 nitrogen and oxygen atoms in total. The van der Waals surface area contributed by atoms with Gasteiger partial charge in [-0.3, -0.25) is 4.79 Å². The lowest BCUT2D eigenvalue weighted by Gasteiger charge is -2.22. The fourth-order valence-corrected chi connectivity index (χ4v) is 2.94. The van der Waals surface area contributed by atoms with Crippen LogP contribution in [-0.4, -0.2) is 33.5 Å². The van der Waals surface area contributed by atoms with Crippen molar-refractivity contribution in [2.24, 2.45) is 5.73 Å². The number of carbonyl (C=O) groups is 2. The zero-order valence-corrected chi connectivity index (χ0v) is 14.1. The van der Waals surface area contributed by atoms with E-state index in [1.54, 1.807) is 23.1 Å². The first-order valence-electron chi connectivity index (χ1n) is 8.34. The highest BCUT2D eigenvalue weighted by atomic mass is 16.5. The first kappa shape index (κ1) is 16.9. The maximum absolute atomic E-state index is 12.5. The van der Waals surface area contributed by atoms with Crippen molar-refractivity contribution < 1.29 is 14.1 Å². The van der Waals surface area contributed by atoms with Crippen LogP contribution in [-0.2, 0) is 13.0 Å². The van der Waals surface area contributed by atoms with Gasteiger partial charge in [0.15, 0.2) is 5.82 Å². The highest BCUT2D eigenvalue weighted by Crippen LogP contribution is 2.30. The Labute approximate surface area is 145 Å². The van der Waals surface area contributed by atoms with Gasteiger partial charge in [0.2, 0.25) is 11.8 Å². The number of aromatic nitrogens is 2. The highest BCUT2D eigenvalue weighted by molar-refractivity contribution is 5.92. The smallest absolute Gasteiger partial charge is 0.318 e. The van der Waals surface area contributed by atoms with Crippen molar-refractivity contribution in [3.63, 3.8) is 0 Å². The standard InChI is InChI=1S/C17H21N5O3/c1-2-14-20-16(21-25-14)13-7-4-8-22(13)17(24)19-10-11-5-3-6-12(9-11)15(18)23/h3,5-6,9,13H,2,4,7-8,10H2,1H3,(H2,18,23)(H,19,24). The molecule has 0 aliphatic carbocycles. The largest absolute Gasteiger partial charge is 0.366 e. The summed E-state index contributed by atoms with van der Waals surface area (Å²) in [5.41, 5.74) is 6.51. The van der Waals surface area contributed by atoms with E-state index >= 15 is 0 Å². The number of rotatable bonds is 5. The van der Waals surface area contributed by atoms with Gasteiger partial charge in [-0.1, -0.05) is 24.2 Å². The molecular formula is C17H21N5O3. The van der Waals surface area contributed by atoms with Crippen molar-refractivity contribution in [3.05, 3.63) is 47.1 Å². The molecule has 2 heterocycles. The molecule has 1 saturated heterocycles. The fraction of sp³-hybridized carbons (Fsp3) is 0.412. The molecule has 1 unspecified atom stereocenters. The molecule has 1 fully saturated rings. The van der Waals surface area contributed by atoms with E-state index in [4.69, 9.17) is 10.3 Å².